The summed E-state index contributed by atoms with van der Waals surface area (Å²) in [5, 5.41) is 7.94. The molecule has 0 saturated carbocycles. The first-order valence-corrected chi connectivity index (χ1v) is 12.1. The molecular formula is C23H22N6O4S. The summed E-state index contributed by atoms with van der Waals surface area (Å²) in [5.41, 5.74) is 1.82. The minimum Gasteiger partial charge on any atom is -0.485 e. The summed E-state index contributed by atoms with van der Waals surface area (Å²) in [6.07, 6.45) is -0.667. The van der Waals surface area contributed by atoms with Crippen molar-refractivity contribution in [1.29, 1.82) is 0 Å². The molecule has 34 heavy (non-hydrogen) atoms. The standard InChI is InChI=1S/C23H22N6O4S/c30-20(14-34-23-26-25-22-24-15-5-1-2-6-16(15)29(22)23)27-9-11-28(12-10-27)21(31)19-13-32-17-7-3-4-8-18(17)33-19/h1-8,19H,9-14H2,(H,24,25)/t19-/m0/s1. The predicted molar refractivity (Wildman–Crippen MR) is 125 cm³/mol. The van der Waals surface area contributed by atoms with E-state index in [1.165, 1.54) is 11.8 Å². The Kier molecular flexibility index (Phi) is 5.25. The van der Waals surface area contributed by atoms with Gasteiger partial charge in [-0.25, -0.2) is 10.1 Å². The van der Waals surface area contributed by atoms with Crippen LogP contribution in [-0.2, 0) is 9.59 Å². The summed E-state index contributed by atoms with van der Waals surface area (Å²) in [7, 11) is 0. The average molecular weight is 479 g/mol. The van der Waals surface area contributed by atoms with Crippen LogP contribution >= 0.6 is 11.8 Å². The van der Waals surface area contributed by atoms with Crippen molar-refractivity contribution in [3.63, 3.8) is 0 Å². The fraction of sp³-hybridized carbons (Fsp3) is 0.304. The van der Waals surface area contributed by atoms with E-state index in [1.54, 1.807) is 15.9 Å². The quantitative estimate of drug-likeness (QED) is 0.446. The van der Waals surface area contributed by atoms with Gasteiger partial charge in [0, 0.05) is 26.2 Å². The van der Waals surface area contributed by atoms with E-state index >= 15 is 0 Å². The lowest BCUT2D eigenvalue weighted by Gasteiger charge is -2.37. The van der Waals surface area contributed by atoms with Gasteiger partial charge in [0.1, 0.15) is 6.61 Å². The van der Waals surface area contributed by atoms with Gasteiger partial charge >= 0.3 is 0 Å². The zero-order valence-corrected chi connectivity index (χ0v) is 19.0. The van der Waals surface area contributed by atoms with E-state index in [1.807, 2.05) is 46.9 Å². The molecule has 0 unspecified atom stereocenters. The third-order valence-electron chi connectivity index (χ3n) is 6.06. The summed E-state index contributed by atoms with van der Waals surface area (Å²) < 4.78 is 13.4. The van der Waals surface area contributed by atoms with Crippen molar-refractivity contribution in [2.75, 3.05) is 38.5 Å². The van der Waals surface area contributed by atoms with Gasteiger partial charge in [-0.15, -0.1) is 5.10 Å². The number of thioether (sulfide) groups is 1. The van der Waals surface area contributed by atoms with Crippen LogP contribution in [0, 0.1) is 0 Å². The minimum absolute atomic E-state index is 0.0175. The van der Waals surface area contributed by atoms with Crippen molar-refractivity contribution in [2.45, 2.75) is 11.3 Å². The number of H-pyrrole nitrogens is 1. The highest BCUT2D eigenvalue weighted by molar-refractivity contribution is 7.99. The van der Waals surface area contributed by atoms with Crippen molar-refractivity contribution in [2.24, 2.45) is 0 Å². The number of nitrogens with zero attached hydrogens (tertiary/aromatic N) is 5. The third-order valence-corrected chi connectivity index (χ3v) is 6.98. The molecule has 2 aromatic carbocycles. The summed E-state index contributed by atoms with van der Waals surface area (Å²) in [4.78, 5) is 33.8. The Morgan fingerprint density at radius 2 is 1.74 bits per heavy atom. The number of carbonyl (C=O) groups is 2. The van der Waals surface area contributed by atoms with Gasteiger partial charge in [0.2, 0.25) is 17.8 Å². The minimum atomic E-state index is -0.667. The van der Waals surface area contributed by atoms with Gasteiger partial charge in [-0.2, -0.15) is 0 Å². The Balaban J connectivity index is 1.04. The van der Waals surface area contributed by atoms with Crippen LogP contribution in [0.5, 0.6) is 11.5 Å². The van der Waals surface area contributed by atoms with Gasteiger partial charge in [-0.3, -0.25) is 14.0 Å². The molecule has 0 radical (unpaired) electrons. The maximum absolute atomic E-state index is 12.9. The van der Waals surface area contributed by atoms with E-state index in [0.29, 0.717) is 48.6 Å². The van der Waals surface area contributed by atoms with Gasteiger partial charge in [0.25, 0.3) is 5.91 Å². The number of benzene rings is 2. The fourth-order valence-electron chi connectivity index (χ4n) is 4.28. The molecule has 1 saturated heterocycles. The van der Waals surface area contributed by atoms with Crippen molar-refractivity contribution >= 4 is 40.4 Å². The molecule has 0 aliphatic carbocycles. The molecule has 4 heterocycles. The van der Waals surface area contributed by atoms with Gasteiger partial charge < -0.3 is 19.3 Å². The molecule has 2 aromatic heterocycles. The number of imidazole rings is 1. The molecule has 1 atom stereocenters. The molecule has 0 bridgehead atoms. The van der Waals surface area contributed by atoms with Gasteiger partial charge in [-0.05, 0) is 24.3 Å². The highest BCUT2D eigenvalue weighted by atomic mass is 32.2. The number of amides is 2. The molecule has 0 spiro atoms. The summed E-state index contributed by atoms with van der Waals surface area (Å²) in [6.45, 7) is 2.09. The van der Waals surface area contributed by atoms with Gasteiger partial charge in [0.15, 0.2) is 16.7 Å². The van der Waals surface area contributed by atoms with Crippen LogP contribution in [0.4, 0.5) is 0 Å². The molecule has 2 aliphatic heterocycles. The number of piperazine rings is 1. The molecule has 2 amide bonds. The number of para-hydroxylation sites is 4. The first-order chi connectivity index (χ1) is 16.7. The van der Waals surface area contributed by atoms with Crippen molar-refractivity contribution in [3.05, 3.63) is 48.5 Å². The zero-order valence-electron chi connectivity index (χ0n) is 18.2. The number of carbonyl (C=O) groups excluding carboxylic acids is 2. The number of nitrogens with one attached hydrogen (secondary N) is 1. The van der Waals surface area contributed by atoms with Crippen LogP contribution < -0.4 is 9.47 Å². The van der Waals surface area contributed by atoms with Crippen LogP contribution in [0.1, 0.15) is 0 Å². The van der Waals surface area contributed by atoms with E-state index in [0.717, 1.165) is 11.0 Å². The monoisotopic (exact) mass is 478 g/mol. The van der Waals surface area contributed by atoms with Crippen LogP contribution in [0.2, 0.25) is 0 Å². The second-order valence-electron chi connectivity index (χ2n) is 8.12. The Labute approximate surface area is 198 Å². The molecule has 1 fully saturated rings. The number of hydrogen-bond donors (Lipinski definition) is 1. The lowest BCUT2D eigenvalue weighted by molar-refractivity contribution is -0.145. The maximum atomic E-state index is 12.9. The molecule has 1 N–H and O–H groups in total. The fourth-order valence-corrected chi connectivity index (χ4v) is 5.14. The highest BCUT2D eigenvalue weighted by Gasteiger charge is 2.33. The number of aromatic nitrogens is 4. The maximum Gasteiger partial charge on any atom is 0.267 e. The van der Waals surface area contributed by atoms with Crippen LogP contribution in [0.15, 0.2) is 53.7 Å². The Morgan fingerprint density at radius 3 is 2.59 bits per heavy atom. The first kappa shape index (κ1) is 20.8. The topological polar surface area (TPSA) is 105 Å². The summed E-state index contributed by atoms with van der Waals surface area (Å²) >= 11 is 1.37. The van der Waals surface area contributed by atoms with Crippen LogP contribution in [0.25, 0.3) is 16.8 Å². The number of rotatable bonds is 4. The first-order valence-electron chi connectivity index (χ1n) is 11.1. The second kappa shape index (κ2) is 8.56. The van der Waals surface area contributed by atoms with Crippen LogP contribution in [-0.4, -0.2) is 85.8 Å². The Bertz CT molecular complexity index is 1380. The van der Waals surface area contributed by atoms with E-state index < -0.39 is 6.10 Å². The third kappa shape index (κ3) is 3.71. The van der Waals surface area contributed by atoms with E-state index in [-0.39, 0.29) is 24.2 Å². The van der Waals surface area contributed by atoms with Gasteiger partial charge in [0.05, 0.1) is 16.8 Å². The van der Waals surface area contributed by atoms with Crippen molar-refractivity contribution in [3.8, 4) is 11.5 Å². The molecule has 2 aliphatic rings. The van der Waals surface area contributed by atoms with Gasteiger partial charge in [-0.1, -0.05) is 36.0 Å². The molecule has 11 heteroatoms. The van der Waals surface area contributed by atoms with E-state index in [4.69, 9.17) is 9.47 Å². The summed E-state index contributed by atoms with van der Waals surface area (Å²) in [6, 6.07) is 15.1. The number of fused-ring (bicyclic) bond motifs is 4. The SMILES string of the molecule is O=C(CSc1n[nH]c2nc3ccccc3n12)N1CCN(C(=O)[C@@H]2COc3ccccc3O2)CC1. The molecule has 10 nitrogen and oxygen atoms in total. The second-order valence-corrected chi connectivity index (χ2v) is 9.07. The lowest BCUT2D eigenvalue weighted by Crippen LogP contribution is -2.55. The summed E-state index contributed by atoms with van der Waals surface area (Å²) in [5.74, 6) is 2.05. The Hall–Kier alpha value is -3.73. The number of aromatic amines is 1. The number of ether oxygens (including phenoxy) is 2. The average Bonchev–Trinajstić information content (AvgIpc) is 3.46. The molecule has 174 valence electrons. The number of hydrogen-bond acceptors (Lipinski definition) is 7. The molecule has 6 rings (SSSR count). The molecule has 4 aromatic rings. The lowest BCUT2D eigenvalue weighted by atomic mass is 10.2. The van der Waals surface area contributed by atoms with E-state index in [2.05, 4.69) is 15.2 Å². The van der Waals surface area contributed by atoms with Crippen molar-refractivity contribution in [1.82, 2.24) is 29.4 Å². The zero-order chi connectivity index (χ0) is 23.1. The molecular weight excluding hydrogens is 456 g/mol. The van der Waals surface area contributed by atoms with Crippen molar-refractivity contribution < 1.29 is 19.1 Å². The largest absolute Gasteiger partial charge is 0.485 e. The van der Waals surface area contributed by atoms with Crippen LogP contribution in [0.3, 0.4) is 0 Å². The normalized spacial score (nSPS) is 17.9. The predicted octanol–water partition coefficient (Wildman–Crippen LogP) is 1.81. The smallest absolute Gasteiger partial charge is 0.267 e. The van der Waals surface area contributed by atoms with E-state index in [9.17, 15) is 9.59 Å². The Morgan fingerprint density at radius 1 is 1.00 bits per heavy atom. The highest BCUT2D eigenvalue weighted by Crippen LogP contribution is 2.31.